The molecule has 0 aliphatic heterocycles. The van der Waals surface area contributed by atoms with E-state index < -0.39 is 12.0 Å². The van der Waals surface area contributed by atoms with Crippen LogP contribution >= 0.6 is 27.5 Å². The summed E-state index contributed by atoms with van der Waals surface area (Å²) in [5.74, 6) is -0.887. The smallest absolute Gasteiger partial charge is 0.325 e. The Balaban J connectivity index is 2.23. The molecule has 1 atom stereocenters. The number of halogens is 2. The number of nitrogens with one attached hydrogen (secondary N) is 1. The summed E-state index contributed by atoms with van der Waals surface area (Å²) < 4.78 is 0.835. The molecule has 1 aromatic carbocycles. The van der Waals surface area contributed by atoms with Crippen LogP contribution in [0.5, 0.6) is 0 Å². The van der Waals surface area contributed by atoms with Gasteiger partial charge in [0.2, 0.25) is 0 Å². The highest BCUT2D eigenvalue weighted by molar-refractivity contribution is 9.10. The average molecular weight is 333 g/mol. The van der Waals surface area contributed by atoms with Crippen LogP contribution in [0.15, 0.2) is 22.7 Å². The van der Waals surface area contributed by atoms with Gasteiger partial charge in [0.05, 0.1) is 0 Å². The fourth-order valence-electron chi connectivity index (χ4n) is 2.36. The number of benzene rings is 1. The number of hydrogen-bond donors (Lipinski definition) is 2. The number of rotatable bonds is 4. The number of aliphatic carboxylic acids is 1. The van der Waals surface area contributed by atoms with Gasteiger partial charge in [-0.25, -0.2) is 0 Å². The van der Waals surface area contributed by atoms with Gasteiger partial charge in [0.15, 0.2) is 0 Å². The van der Waals surface area contributed by atoms with Crippen LogP contribution < -0.4 is 5.32 Å². The fraction of sp³-hybridized carbons (Fsp3) is 0.462. The largest absolute Gasteiger partial charge is 0.480 e. The van der Waals surface area contributed by atoms with E-state index in [9.17, 15) is 9.90 Å². The first-order valence-electron chi connectivity index (χ1n) is 6.01. The van der Waals surface area contributed by atoms with Crippen molar-refractivity contribution in [2.75, 3.05) is 0 Å². The number of carbonyl (C=O) groups is 1. The molecule has 0 bridgehead atoms. The molecule has 1 aliphatic rings. The maximum atomic E-state index is 11.4. The van der Waals surface area contributed by atoms with Gasteiger partial charge < -0.3 is 5.11 Å². The highest BCUT2D eigenvalue weighted by atomic mass is 79.9. The highest BCUT2D eigenvalue weighted by Crippen LogP contribution is 2.29. The summed E-state index contributed by atoms with van der Waals surface area (Å²) in [6.45, 7) is 0. The van der Waals surface area contributed by atoms with Crippen molar-refractivity contribution in [3.8, 4) is 0 Å². The lowest BCUT2D eigenvalue weighted by atomic mass is 10.1. The molecule has 0 spiro atoms. The van der Waals surface area contributed by atoms with E-state index in [0.717, 1.165) is 30.2 Å². The van der Waals surface area contributed by atoms with Crippen molar-refractivity contribution in [1.82, 2.24) is 5.32 Å². The molecule has 1 fully saturated rings. The molecule has 18 heavy (non-hydrogen) atoms. The molecule has 0 heterocycles. The minimum Gasteiger partial charge on any atom is -0.480 e. The van der Waals surface area contributed by atoms with E-state index in [0.29, 0.717) is 10.6 Å². The molecule has 5 heteroatoms. The van der Waals surface area contributed by atoms with E-state index in [4.69, 9.17) is 11.6 Å². The normalized spacial score (nSPS) is 17.9. The van der Waals surface area contributed by atoms with Crippen LogP contribution in [0, 0.1) is 0 Å². The van der Waals surface area contributed by atoms with Crippen molar-refractivity contribution in [2.45, 2.75) is 37.8 Å². The Morgan fingerprint density at radius 2 is 2.11 bits per heavy atom. The summed E-state index contributed by atoms with van der Waals surface area (Å²) in [4.78, 5) is 11.4. The minimum atomic E-state index is -0.887. The van der Waals surface area contributed by atoms with Gasteiger partial charge in [-0.15, -0.1) is 0 Å². The first kappa shape index (κ1) is 13.8. The zero-order valence-electron chi connectivity index (χ0n) is 9.83. The van der Waals surface area contributed by atoms with E-state index in [2.05, 4.69) is 21.2 Å². The predicted molar refractivity (Wildman–Crippen MR) is 74.9 cm³/mol. The van der Waals surface area contributed by atoms with Gasteiger partial charge in [-0.3, -0.25) is 10.1 Å². The van der Waals surface area contributed by atoms with Crippen LogP contribution in [-0.4, -0.2) is 17.1 Å². The summed E-state index contributed by atoms with van der Waals surface area (Å²) in [5, 5.41) is 13.0. The van der Waals surface area contributed by atoms with E-state index in [1.807, 2.05) is 0 Å². The van der Waals surface area contributed by atoms with Crippen molar-refractivity contribution in [2.24, 2.45) is 0 Å². The van der Waals surface area contributed by atoms with Crippen LogP contribution in [0.1, 0.15) is 37.3 Å². The van der Waals surface area contributed by atoms with E-state index in [1.54, 1.807) is 18.2 Å². The molecule has 1 aliphatic carbocycles. The lowest BCUT2D eigenvalue weighted by molar-refractivity contribution is -0.139. The Bertz CT molecular complexity index is 447. The highest BCUT2D eigenvalue weighted by Gasteiger charge is 2.27. The molecule has 0 saturated heterocycles. The topological polar surface area (TPSA) is 49.3 Å². The Kier molecular flexibility index (Phi) is 4.65. The van der Waals surface area contributed by atoms with Crippen molar-refractivity contribution < 1.29 is 9.90 Å². The number of hydrogen-bond acceptors (Lipinski definition) is 2. The first-order chi connectivity index (χ1) is 8.58. The third-order valence-electron chi connectivity index (χ3n) is 3.27. The van der Waals surface area contributed by atoms with Gasteiger partial charge in [0.25, 0.3) is 0 Å². The van der Waals surface area contributed by atoms with Gasteiger partial charge in [-0.05, 0) is 36.6 Å². The molecule has 1 aromatic rings. The van der Waals surface area contributed by atoms with Crippen LogP contribution in [0.4, 0.5) is 0 Å². The van der Waals surface area contributed by atoms with Crippen molar-refractivity contribution in [3.05, 3.63) is 33.3 Å². The standard InChI is InChI=1S/C13H15BrClNO2/c14-8-5-6-11(15)10(7-8)12(13(17)18)16-9-3-1-2-4-9/h5-7,9,12,16H,1-4H2,(H,17,18). The van der Waals surface area contributed by atoms with Gasteiger partial charge >= 0.3 is 5.97 Å². The maximum Gasteiger partial charge on any atom is 0.325 e. The molecule has 1 unspecified atom stereocenters. The summed E-state index contributed by atoms with van der Waals surface area (Å²) in [7, 11) is 0. The van der Waals surface area contributed by atoms with Crippen molar-refractivity contribution >= 4 is 33.5 Å². The quantitative estimate of drug-likeness (QED) is 0.882. The summed E-state index contributed by atoms with van der Waals surface area (Å²) in [6.07, 6.45) is 4.40. The molecular formula is C13H15BrClNO2. The molecule has 2 N–H and O–H groups in total. The second-order valence-electron chi connectivity index (χ2n) is 4.59. The molecule has 0 aromatic heterocycles. The van der Waals surface area contributed by atoms with Gasteiger partial charge in [0, 0.05) is 15.5 Å². The summed E-state index contributed by atoms with van der Waals surface area (Å²) in [6, 6.07) is 4.83. The Morgan fingerprint density at radius 1 is 1.44 bits per heavy atom. The molecule has 3 nitrogen and oxygen atoms in total. The number of carboxylic acids is 1. The second-order valence-corrected chi connectivity index (χ2v) is 5.91. The molecule has 1 saturated carbocycles. The maximum absolute atomic E-state index is 11.4. The van der Waals surface area contributed by atoms with Gasteiger partial charge in [0.1, 0.15) is 6.04 Å². The monoisotopic (exact) mass is 331 g/mol. The van der Waals surface area contributed by atoms with E-state index >= 15 is 0 Å². The number of carboxylic acid groups (broad SMARTS) is 1. The van der Waals surface area contributed by atoms with Crippen LogP contribution in [0.25, 0.3) is 0 Å². The molecular weight excluding hydrogens is 318 g/mol. The van der Waals surface area contributed by atoms with Crippen molar-refractivity contribution in [1.29, 1.82) is 0 Å². The van der Waals surface area contributed by atoms with Crippen molar-refractivity contribution in [3.63, 3.8) is 0 Å². The van der Waals surface area contributed by atoms with Crippen LogP contribution in [0.3, 0.4) is 0 Å². The van der Waals surface area contributed by atoms with Crippen LogP contribution in [0.2, 0.25) is 5.02 Å². The Hall–Kier alpha value is -0.580. The Morgan fingerprint density at radius 3 is 2.72 bits per heavy atom. The fourth-order valence-corrected chi connectivity index (χ4v) is 2.96. The lowest BCUT2D eigenvalue weighted by Gasteiger charge is -2.20. The average Bonchev–Trinajstić information content (AvgIpc) is 2.82. The molecule has 0 radical (unpaired) electrons. The van der Waals surface area contributed by atoms with E-state index in [1.165, 1.54) is 0 Å². The third-order valence-corrected chi connectivity index (χ3v) is 4.11. The molecule has 98 valence electrons. The Labute approximate surface area is 120 Å². The predicted octanol–water partition coefficient (Wildman–Crippen LogP) is 3.76. The second kappa shape index (κ2) is 6.04. The minimum absolute atomic E-state index is 0.279. The zero-order chi connectivity index (χ0) is 13.1. The third kappa shape index (κ3) is 3.25. The zero-order valence-corrected chi connectivity index (χ0v) is 12.2. The molecule has 0 amide bonds. The first-order valence-corrected chi connectivity index (χ1v) is 7.19. The lowest BCUT2D eigenvalue weighted by Crippen LogP contribution is -2.35. The SMILES string of the molecule is O=C(O)C(NC1CCCC1)c1cc(Br)ccc1Cl. The molecule has 2 rings (SSSR count). The van der Waals surface area contributed by atoms with Crippen LogP contribution in [-0.2, 0) is 4.79 Å². The van der Waals surface area contributed by atoms with Gasteiger partial charge in [-0.1, -0.05) is 40.4 Å². The van der Waals surface area contributed by atoms with E-state index in [-0.39, 0.29) is 6.04 Å². The van der Waals surface area contributed by atoms with Gasteiger partial charge in [-0.2, -0.15) is 0 Å². The summed E-state index contributed by atoms with van der Waals surface area (Å²) in [5.41, 5.74) is 0.616. The summed E-state index contributed by atoms with van der Waals surface area (Å²) >= 11 is 9.44.